The molecule has 0 amide bonds. The van der Waals surface area contributed by atoms with Crippen molar-refractivity contribution in [2.45, 2.75) is 24.8 Å². The zero-order valence-electron chi connectivity index (χ0n) is 10.0. The van der Waals surface area contributed by atoms with Gasteiger partial charge in [-0.15, -0.1) is 0 Å². The molecule has 2 aliphatic rings. The van der Waals surface area contributed by atoms with Gasteiger partial charge in [-0.3, -0.25) is 0 Å². The number of fused-ring (bicyclic) bond motifs is 1. The third-order valence-corrected chi connectivity index (χ3v) is 4.83. The van der Waals surface area contributed by atoms with Crippen LogP contribution in [0.25, 0.3) is 0 Å². The molecule has 2 nitrogen and oxygen atoms in total. The summed E-state index contributed by atoms with van der Waals surface area (Å²) in [5.74, 6) is 4.32. The largest absolute Gasteiger partial charge is 0.493 e. The van der Waals surface area contributed by atoms with Crippen LogP contribution in [0.5, 0.6) is 5.75 Å². The molecule has 2 atom stereocenters. The molecule has 1 N–H and O–H groups in total. The molecular formula is C14H19NOS. The Morgan fingerprint density at radius 3 is 3.12 bits per heavy atom. The second-order valence-corrected chi connectivity index (χ2v) is 5.99. The number of para-hydroxylation sites is 1. The Morgan fingerprint density at radius 2 is 2.24 bits per heavy atom. The summed E-state index contributed by atoms with van der Waals surface area (Å²) in [6, 6.07) is 9.21. The van der Waals surface area contributed by atoms with Gasteiger partial charge in [0.2, 0.25) is 0 Å². The number of ether oxygens (including phenoxy) is 1. The Hall–Kier alpha value is -0.670. The zero-order chi connectivity index (χ0) is 11.5. The Kier molecular flexibility index (Phi) is 3.57. The molecule has 2 aliphatic heterocycles. The maximum atomic E-state index is 5.69. The summed E-state index contributed by atoms with van der Waals surface area (Å²) >= 11 is 2.07. The number of nitrogens with one attached hydrogen (secondary N) is 1. The summed E-state index contributed by atoms with van der Waals surface area (Å²) in [6.45, 7) is 1.97. The SMILES string of the molecule is c1ccc2c(c1)OCCC2CNC1CCSC1. The molecule has 0 radical (unpaired) electrons. The molecular weight excluding hydrogens is 230 g/mol. The van der Waals surface area contributed by atoms with E-state index in [0.29, 0.717) is 5.92 Å². The van der Waals surface area contributed by atoms with E-state index in [1.54, 1.807) is 0 Å². The average molecular weight is 249 g/mol. The number of thioether (sulfide) groups is 1. The maximum absolute atomic E-state index is 5.69. The first-order valence-electron chi connectivity index (χ1n) is 6.46. The van der Waals surface area contributed by atoms with Crippen LogP contribution in [0.2, 0.25) is 0 Å². The van der Waals surface area contributed by atoms with E-state index in [2.05, 4.69) is 41.3 Å². The molecule has 3 heteroatoms. The smallest absolute Gasteiger partial charge is 0.122 e. The van der Waals surface area contributed by atoms with Gasteiger partial charge < -0.3 is 10.1 Å². The molecule has 0 saturated carbocycles. The highest BCUT2D eigenvalue weighted by Gasteiger charge is 2.22. The molecule has 17 heavy (non-hydrogen) atoms. The van der Waals surface area contributed by atoms with Gasteiger partial charge >= 0.3 is 0 Å². The fourth-order valence-corrected chi connectivity index (χ4v) is 3.82. The van der Waals surface area contributed by atoms with Crippen LogP contribution < -0.4 is 10.1 Å². The van der Waals surface area contributed by atoms with E-state index in [4.69, 9.17) is 4.74 Å². The Morgan fingerprint density at radius 1 is 1.29 bits per heavy atom. The number of hydrogen-bond acceptors (Lipinski definition) is 3. The second kappa shape index (κ2) is 5.32. The molecule has 1 fully saturated rings. The van der Waals surface area contributed by atoms with Crippen LogP contribution in [-0.2, 0) is 0 Å². The third kappa shape index (κ3) is 2.61. The average Bonchev–Trinajstić information content (AvgIpc) is 2.89. The molecule has 92 valence electrons. The highest BCUT2D eigenvalue weighted by atomic mass is 32.2. The lowest BCUT2D eigenvalue weighted by atomic mass is 9.93. The second-order valence-electron chi connectivity index (χ2n) is 4.84. The normalized spacial score (nSPS) is 27.5. The van der Waals surface area contributed by atoms with E-state index < -0.39 is 0 Å². The van der Waals surface area contributed by atoms with Crippen LogP contribution in [0.3, 0.4) is 0 Å². The molecule has 0 aromatic heterocycles. The molecule has 2 heterocycles. The van der Waals surface area contributed by atoms with Crippen molar-refractivity contribution in [3.63, 3.8) is 0 Å². The Bertz CT molecular complexity index is 376. The van der Waals surface area contributed by atoms with Gasteiger partial charge in [0, 0.05) is 24.3 Å². The lowest BCUT2D eigenvalue weighted by Gasteiger charge is -2.27. The fourth-order valence-electron chi connectivity index (χ4n) is 2.63. The van der Waals surface area contributed by atoms with Gasteiger partial charge in [-0.05, 0) is 30.2 Å². The van der Waals surface area contributed by atoms with E-state index in [1.807, 2.05) is 0 Å². The molecule has 0 aliphatic carbocycles. The molecule has 1 saturated heterocycles. The summed E-state index contributed by atoms with van der Waals surface area (Å²) in [7, 11) is 0. The first-order chi connectivity index (χ1) is 8.43. The fraction of sp³-hybridized carbons (Fsp3) is 0.571. The zero-order valence-corrected chi connectivity index (χ0v) is 10.8. The third-order valence-electron chi connectivity index (χ3n) is 3.67. The minimum Gasteiger partial charge on any atom is -0.493 e. The van der Waals surface area contributed by atoms with Gasteiger partial charge in [0.25, 0.3) is 0 Å². The maximum Gasteiger partial charge on any atom is 0.122 e. The van der Waals surface area contributed by atoms with Gasteiger partial charge in [0.15, 0.2) is 0 Å². The van der Waals surface area contributed by atoms with E-state index in [9.17, 15) is 0 Å². The van der Waals surface area contributed by atoms with Crippen molar-refractivity contribution in [3.8, 4) is 5.75 Å². The monoisotopic (exact) mass is 249 g/mol. The van der Waals surface area contributed by atoms with Crippen molar-refractivity contribution in [1.29, 1.82) is 0 Å². The quantitative estimate of drug-likeness (QED) is 0.890. The molecule has 0 bridgehead atoms. The van der Waals surface area contributed by atoms with Gasteiger partial charge in [0.05, 0.1) is 6.61 Å². The minimum absolute atomic E-state index is 0.630. The van der Waals surface area contributed by atoms with Crippen molar-refractivity contribution in [2.75, 3.05) is 24.7 Å². The highest BCUT2D eigenvalue weighted by Crippen LogP contribution is 2.33. The summed E-state index contributed by atoms with van der Waals surface area (Å²) < 4.78 is 5.69. The van der Waals surface area contributed by atoms with Crippen LogP contribution in [0.1, 0.15) is 24.3 Å². The summed E-state index contributed by atoms with van der Waals surface area (Å²) in [6.07, 6.45) is 2.47. The number of benzene rings is 1. The topological polar surface area (TPSA) is 21.3 Å². The first kappa shape index (κ1) is 11.4. The van der Waals surface area contributed by atoms with Crippen molar-refractivity contribution in [3.05, 3.63) is 29.8 Å². The van der Waals surface area contributed by atoms with Crippen molar-refractivity contribution in [2.24, 2.45) is 0 Å². The molecule has 2 unspecified atom stereocenters. The van der Waals surface area contributed by atoms with Crippen LogP contribution >= 0.6 is 11.8 Å². The summed E-state index contributed by atoms with van der Waals surface area (Å²) in [5, 5.41) is 3.72. The van der Waals surface area contributed by atoms with Crippen molar-refractivity contribution >= 4 is 11.8 Å². The van der Waals surface area contributed by atoms with Crippen molar-refractivity contribution in [1.82, 2.24) is 5.32 Å². The highest BCUT2D eigenvalue weighted by molar-refractivity contribution is 7.99. The van der Waals surface area contributed by atoms with Crippen molar-refractivity contribution < 1.29 is 4.74 Å². The van der Waals surface area contributed by atoms with Crippen LogP contribution in [0.15, 0.2) is 24.3 Å². The number of hydrogen-bond donors (Lipinski definition) is 1. The Labute approximate surface area is 107 Å². The predicted octanol–water partition coefficient (Wildman–Crippen LogP) is 2.65. The van der Waals surface area contributed by atoms with E-state index in [0.717, 1.165) is 31.4 Å². The lowest BCUT2D eigenvalue weighted by molar-refractivity contribution is 0.263. The summed E-state index contributed by atoms with van der Waals surface area (Å²) in [5.41, 5.74) is 1.39. The lowest BCUT2D eigenvalue weighted by Crippen LogP contribution is -2.34. The van der Waals surface area contributed by atoms with E-state index >= 15 is 0 Å². The molecule has 1 aromatic carbocycles. The van der Waals surface area contributed by atoms with E-state index in [1.165, 1.54) is 23.5 Å². The molecule has 1 aromatic rings. The molecule has 0 spiro atoms. The van der Waals surface area contributed by atoms with Gasteiger partial charge in [0.1, 0.15) is 5.75 Å². The van der Waals surface area contributed by atoms with Gasteiger partial charge in [-0.1, -0.05) is 18.2 Å². The molecule has 3 rings (SSSR count). The minimum atomic E-state index is 0.630. The number of rotatable bonds is 3. The standard InChI is InChI=1S/C14H19NOS/c1-2-4-14-13(3-1)11(5-7-16-14)9-15-12-6-8-17-10-12/h1-4,11-12,15H,5-10H2. The van der Waals surface area contributed by atoms with Crippen LogP contribution in [0, 0.1) is 0 Å². The van der Waals surface area contributed by atoms with E-state index in [-0.39, 0.29) is 0 Å². The first-order valence-corrected chi connectivity index (χ1v) is 7.62. The summed E-state index contributed by atoms with van der Waals surface area (Å²) in [4.78, 5) is 0. The van der Waals surface area contributed by atoms with Gasteiger partial charge in [-0.25, -0.2) is 0 Å². The predicted molar refractivity (Wildman–Crippen MR) is 73.0 cm³/mol. The van der Waals surface area contributed by atoms with Crippen LogP contribution in [0.4, 0.5) is 0 Å². The van der Waals surface area contributed by atoms with Gasteiger partial charge in [-0.2, -0.15) is 11.8 Å². The van der Waals surface area contributed by atoms with Crippen LogP contribution in [-0.4, -0.2) is 30.7 Å². The Balaban J connectivity index is 1.64.